The minimum atomic E-state index is -0.127. The molecule has 78 valence electrons. The van der Waals surface area contributed by atoms with Gasteiger partial charge in [-0.15, -0.1) is 11.3 Å². The Balaban J connectivity index is 1.96. The molecule has 1 amide bonds. The SMILES string of the molecule is Cc1ncsc1C(=O)NCc1cn[nH]n1. The van der Waals surface area contributed by atoms with Crippen molar-refractivity contribution in [1.82, 2.24) is 25.7 Å². The van der Waals surface area contributed by atoms with Crippen molar-refractivity contribution in [2.75, 3.05) is 0 Å². The lowest BCUT2D eigenvalue weighted by atomic mass is 10.3. The number of H-pyrrole nitrogens is 1. The number of rotatable bonds is 3. The molecule has 0 aliphatic rings. The Morgan fingerprint density at radius 2 is 2.53 bits per heavy atom. The molecule has 0 aliphatic carbocycles. The van der Waals surface area contributed by atoms with E-state index in [2.05, 4.69) is 25.7 Å². The van der Waals surface area contributed by atoms with Crippen molar-refractivity contribution < 1.29 is 4.79 Å². The number of aryl methyl sites for hydroxylation is 1. The van der Waals surface area contributed by atoms with E-state index in [1.165, 1.54) is 11.3 Å². The standard InChI is InChI=1S/C8H9N5OS/c1-5-7(15-4-10-5)8(14)9-2-6-3-11-13-12-6/h3-4H,2H2,1H3,(H,9,14)(H,11,12,13). The summed E-state index contributed by atoms with van der Waals surface area (Å²) in [5.74, 6) is -0.127. The van der Waals surface area contributed by atoms with Crippen LogP contribution in [-0.4, -0.2) is 26.3 Å². The molecule has 0 saturated heterocycles. The minimum Gasteiger partial charge on any atom is -0.345 e. The van der Waals surface area contributed by atoms with E-state index in [1.807, 2.05) is 6.92 Å². The smallest absolute Gasteiger partial charge is 0.263 e. The highest BCUT2D eigenvalue weighted by molar-refractivity contribution is 7.11. The Kier molecular flexibility index (Phi) is 2.72. The molecular weight excluding hydrogens is 214 g/mol. The van der Waals surface area contributed by atoms with Crippen LogP contribution in [-0.2, 0) is 6.54 Å². The first kappa shape index (κ1) is 9.78. The quantitative estimate of drug-likeness (QED) is 0.793. The zero-order valence-corrected chi connectivity index (χ0v) is 8.84. The molecule has 15 heavy (non-hydrogen) atoms. The molecule has 0 spiro atoms. The van der Waals surface area contributed by atoms with E-state index in [-0.39, 0.29) is 5.91 Å². The van der Waals surface area contributed by atoms with Gasteiger partial charge in [0.05, 0.1) is 23.9 Å². The number of thiazole rings is 1. The normalized spacial score (nSPS) is 10.2. The number of aromatic amines is 1. The van der Waals surface area contributed by atoms with Gasteiger partial charge >= 0.3 is 0 Å². The van der Waals surface area contributed by atoms with E-state index >= 15 is 0 Å². The Morgan fingerprint density at radius 3 is 3.13 bits per heavy atom. The first-order chi connectivity index (χ1) is 7.27. The third-order valence-corrected chi connectivity index (χ3v) is 2.77. The molecule has 2 heterocycles. The predicted octanol–water partition coefficient (Wildman–Crippen LogP) is 0.500. The van der Waals surface area contributed by atoms with Crippen molar-refractivity contribution in [1.29, 1.82) is 0 Å². The van der Waals surface area contributed by atoms with E-state index in [0.717, 1.165) is 5.69 Å². The van der Waals surface area contributed by atoms with Gasteiger partial charge in [0.1, 0.15) is 10.6 Å². The van der Waals surface area contributed by atoms with Gasteiger partial charge in [0.2, 0.25) is 0 Å². The molecule has 2 aromatic rings. The van der Waals surface area contributed by atoms with Crippen LogP contribution in [0, 0.1) is 6.92 Å². The first-order valence-electron chi connectivity index (χ1n) is 4.30. The Bertz CT molecular complexity index is 449. The van der Waals surface area contributed by atoms with Crippen LogP contribution < -0.4 is 5.32 Å². The van der Waals surface area contributed by atoms with Gasteiger partial charge in [-0.25, -0.2) is 4.98 Å². The van der Waals surface area contributed by atoms with Gasteiger partial charge in [0.15, 0.2) is 0 Å². The second-order valence-corrected chi connectivity index (χ2v) is 3.77. The molecule has 0 aliphatic heterocycles. The van der Waals surface area contributed by atoms with Gasteiger partial charge in [0.25, 0.3) is 5.91 Å². The lowest BCUT2D eigenvalue weighted by Crippen LogP contribution is -2.22. The molecule has 2 N–H and O–H groups in total. The predicted molar refractivity (Wildman–Crippen MR) is 54.4 cm³/mol. The molecule has 0 fully saturated rings. The maximum Gasteiger partial charge on any atom is 0.263 e. The van der Waals surface area contributed by atoms with Gasteiger partial charge < -0.3 is 5.32 Å². The Morgan fingerprint density at radius 1 is 1.67 bits per heavy atom. The van der Waals surface area contributed by atoms with Crippen molar-refractivity contribution in [3.05, 3.63) is 28.0 Å². The summed E-state index contributed by atoms with van der Waals surface area (Å²) in [4.78, 5) is 16.3. The summed E-state index contributed by atoms with van der Waals surface area (Å²) in [7, 11) is 0. The minimum absolute atomic E-state index is 0.127. The van der Waals surface area contributed by atoms with E-state index in [4.69, 9.17) is 0 Å². The number of carbonyl (C=O) groups excluding carboxylic acids is 1. The molecule has 2 rings (SSSR count). The topological polar surface area (TPSA) is 83.6 Å². The van der Waals surface area contributed by atoms with Crippen molar-refractivity contribution in [2.45, 2.75) is 13.5 Å². The van der Waals surface area contributed by atoms with Crippen molar-refractivity contribution in [2.24, 2.45) is 0 Å². The highest BCUT2D eigenvalue weighted by Crippen LogP contribution is 2.11. The fourth-order valence-electron chi connectivity index (χ4n) is 1.08. The van der Waals surface area contributed by atoms with Gasteiger partial charge in [0, 0.05) is 0 Å². The summed E-state index contributed by atoms with van der Waals surface area (Å²) in [6.45, 7) is 2.17. The zero-order chi connectivity index (χ0) is 10.7. The van der Waals surface area contributed by atoms with Crippen LogP contribution in [0.3, 0.4) is 0 Å². The second-order valence-electron chi connectivity index (χ2n) is 2.91. The molecule has 0 unspecified atom stereocenters. The van der Waals surface area contributed by atoms with E-state index in [1.54, 1.807) is 11.7 Å². The summed E-state index contributed by atoms with van der Waals surface area (Å²) < 4.78 is 0. The van der Waals surface area contributed by atoms with Crippen molar-refractivity contribution in [3.8, 4) is 0 Å². The number of aromatic nitrogens is 4. The molecule has 0 bridgehead atoms. The van der Waals surface area contributed by atoms with Gasteiger partial charge in [-0.3, -0.25) is 4.79 Å². The van der Waals surface area contributed by atoms with E-state index in [9.17, 15) is 4.79 Å². The first-order valence-corrected chi connectivity index (χ1v) is 5.18. The Hall–Kier alpha value is -1.76. The highest BCUT2D eigenvalue weighted by Gasteiger charge is 2.11. The fourth-order valence-corrected chi connectivity index (χ4v) is 1.80. The van der Waals surface area contributed by atoms with Crippen LogP contribution in [0.1, 0.15) is 21.1 Å². The molecule has 0 atom stereocenters. The second kappa shape index (κ2) is 4.18. The maximum atomic E-state index is 11.6. The zero-order valence-electron chi connectivity index (χ0n) is 8.02. The van der Waals surface area contributed by atoms with Crippen LogP contribution in [0.15, 0.2) is 11.7 Å². The number of carbonyl (C=O) groups is 1. The van der Waals surface area contributed by atoms with Crippen LogP contribution >= 0.6 is 11.3 Å². The average molecular weight is 223 g/mol. The number of nitrogens with one attached hydrogen (secondary N) is 2. The van der Waals surface area contributed by atoms with Crippen LogP contribution in [0.25, 0.3) is 0 Å². The number of amides is 1. The van der Waals surface area contributed by atoms with Gasteiger partial charge in [-0.2, -0.15) is 15.4 Å². The maximum absolute atomic E-state index is 11.6. The largest absolute Gasteiger partial charge is 0.345 e. The lowest BCUT2D eigenvalue weighted by molar-refractivity contribution is 0.0953. The molecule has 0 aromatic carbocycles. The fraction of sp³-hybridized carbons (Fsp3) is 0.250. The number of hydrogen-bond donors (Lipinski definition) is 2. The highest BCUT2D eigenvalue weighted by atomic mass is 32.1. The third-order valence-electron chi connectivity index (χ3n) is 1.85. The average Bonchev–Trinajstić information content (AvgIpc) is 2.84. The van der Waals surface area contributed by atoms with Crippen molar-refractivity contribution in [3.63, 3.8) is 0 Å². The van der Waals surface area contributed by atoms with E-state index < -0.39 is 0 Å². The lowest BCUT2D eigenvalue weighted by Gasteiger charge is -2.00. The molecular formula is C8H9N5OS. The Labute approximate surface area is 89.7 Å². The van der Waals surface area contributed by atoms with Crippen LogP contribution in [0.2, 0.25) is 0 Å². The van der Waals surface area contributed by atoms with Crippen LogP contribution in [0.5, 0.6) is 0 Å². The number of nitrogens with zero attached hydrogens (tertiary/aromatic N) is 3. The summed E-state index contributed by atoms with van der Waals surface area (Å²) in [6.07, 6.45) is 1.57. The van der Waals surface area contributed by atoms with Gasteiger partial charge in [-0.05, 0) is 6.92 Å². The summed E-state index contributed by atoms with van der Waals surface area (Å²) in [5, 5.41) is 12.7. The molecule has 6 nitrogen and oxygen atoms in total. The summed E-state index contributed by atoms with van der Waals surface area (Å²) in [5.41, 5.74) is 3.10. The molecule has 0 radical (unpaired) electrons. The monoisotopic (exact) mass is 223 g/mol. The van der Waals surface area contributed by atoms with E-state index in [0.29, 0.717) is 17.1 Å². The van der Waals surface area contributed by atoms with Gasteiger partial charge in [-0.1, -0.05) is 0 Å². The number of hydrogen-bond acceptors (Lipinski definition) is 5. The summed E-state index contributed by atoms with van der Waals surface area (Å²) in [6, 6.07) is 0. The molecule has 7 heteroatoms. The molecule has 0 saturated carbocycles. The van der Waals surface area contributed by atoms with Crippen LogP contribution in [0.4, 0.5) is 0 Å². The molecule has 2 aromatic heterocycles. The van der Waals surface area contributed by atoms with Crippen molar-refractivity contribution >= 4 is 17.2 Å². The summed E-state index contributed by atoms with van der Waals surface area (Å²) >= 11 is 1.33. The third kappa shape index (κ3) is 2.18.